The second-order valence-electron chi connectivity index (χ2n) is 13.5. The number of nitrogens with one attached hydrogen (secondary N) is 1. The van der Waals surface area contributed by atoms with E-state index in [2.05, 4.69) is 5.32 Å². The van der Waals surface area contributed by atoms with E-state index in [9.17, 15) is 40.5 Å². The predicted molar refractivity (Wildman–Crippen MR) is 160 cm³/mol. The maximum atomic E-state index is 12.9. The predicted octanol–water partition coefficient (Wildman–Crippen LogP) is -7.79. The average Bonchev–Trinajstić information content (AvgIpc) is 3.34. The lowest BCUT2D eigenvalue weighted by atomic mass is 9.78. The summed E-state index contributed by atoms with van der Waals surface area (Å²) in [4.78, 5) is 12.9. The third kappa shape index (κ3) is 7.52. The van der Waals surface area contributed by atoms with E-state index in [-0.39, 0.29) is 38.8 Å². The van der Waals surface area contributed by atoms with Crippen LogP contribution in [0.1, 0.15) is 32.1 Å². The van der Waals surface area contributed by atoms with E-state index in [0.29, 0.717) is 6.42 Å². The zero-order valence-corrected chi connectivity index (χ0v) is 26.4. The maximum absolute atomic E-state index is 12.9. The van der Waals surface area contributed by atoms with Crippen LogP contribution in [0, 0.1) is 0 Å². The van der Waals surface area contributed by atoms with Gasteiger partial charge >= 0.3 is 0 Å². The minimum atomic E-state index is -1.66. The fraction of sp³-hybridized carbons (Fsp3) is 0.964. The minimum absolute atomic E-state index is 0.0369. The Morgan fingerprint density at radius 1 is 0.750 bits per heavy atom. The van der Waals surface area contributed by atoms with E-state index in [1.54, 1.807) is 0 Å². The molecule has 0 aromatic rings. The third-order valence-electron chi connectivity index (χ3n) is 10.1. The summed E-state index contributed by atoms with van der Waals surface area (Å²) in [5, 5.41) is 77.3. The lowest BCUT2D eigenvalue weighted by Crippen LogP contribution is -2.68. The Morgan fingerprint density at radius 2 is 1.38 bits per heavy atom. The van der Waals surface area contributed by atoms with Crippen LogP contribution in [0.2, 0.25) is 0 Å². The van der Waals surface area contributed by atoms with Crippen LogP contribution in [0.3, 0.4) is 0 Å². The van der Waals surface area contributed by atoms with Crippen LogP contribution in [0.15, 0.2) is 0 Å². The van der Waals surface area contributed by atoms with Crippen molar-refractivity contribution in [3.8, 4) is 0 Å². The van der Waals surface area contributed by atoms with Crippen LogP contribution >= 0.6 is 0 Å². The molecule has 2 saturated carbocycles. The van der Waals surface area contributed by atoms with Crippen molar-refractivity contribution >= 4 is 5.91 Å². The summed E-state index contributed by atoms with van der Waals surface area (Å²) in [6.45, 7) is -0.804. The number of aliphatic hydroxyl groups is 7. The van der Waals surface area contributed by atoms with Crippen molar-refractivity contribution in [2.75, 3.05) is 19.7 Å². The highest BCUT2D eigenvalue weighted by Crippen LogP contribution is 2.36. The molecule has 3 heterocycles. The van der Waals surface area contributed by atoms with Gasteiger partial charge in [-0.15, -0.1) is 0 Å². The Kier molecular flexibility index (Phi) is 12.3. The largest absolute Gasteiger partial charge is 0.394 e. The number of rotatable bonds is 11. The summed E-state index contributed by atoms with van der Waals surface area (Å²) >= 11 is 0. The van der Waals surface area contributed by atoms with Gasteiger partial charge in [0.1, 0.15) is 60.5 Å². The van der Waals surface area contributed by atoms with Gasteiger partial charge in [-0.25, -0.2) is 0 Å². The Morgan fingerprint density at radius 3 is 1.98 bits per heavy atom. The van der Waals surface area contributed by atoms with Crippen LogP contribution in [0.25, 0.3) is 0 Å². The molecule has 278 valence electrons. The van der Waals surface area contributed by atoms with E-state index < -0.39 is 128 Å². The highest BCUT2D eigenvalue weighted by molar-refractivity contribution is 5.86. The summed E-state index contributed by atoms with van der Waals surface area (Å²) < 4.78 is 35.4. The molecule has 5 fully saturated rings. The van der Waals surface area contributed by atoms with Crippen LogP contribution in [0.4, 0.5) is 0 Å². The molecule has 20 heteroatoms. The molecule has 0 spiro atoms. The van der Waals surface area contributed by atoms with Gasteiger partial charge in [-0.1, -0.05) is 0 Å². The molecule has 20 nitrogen and oxygen atoms in total. The van der Waals surface area contributed by atoms with Gasteiger partial charge in [-0.3, -0.25) is 4.79 Å². The highest BCUT2D eigenvalue weighted by Gasteiger charge is 2.55. The number of hydrogen-bond donors (Lipinski definition) is 13. The van der Waals surface area contributed by atoms with Gasteiger partial charge in [0.2, 0.25) is 0 Å². The number of ether oxygens (including phenoxy) is 6. The molecule has 0 aromatic heterocycles. The van der Waals surface area contributed by atoms with E-state index in [0.717, 1.165) is 0 Å². The van der Waals surface area contributed by atoms with Crippen molar-refractivity contribution < 1.29 is 69.0 Å². The Hall–Kier alpha value is -1.25. The maximum Gasteiger partial charge on any atom is 0.252 e. The number of aliphatic hydroxyl groups excluding tert-OH is 6. The summed E-state index contributed by atoms with van der Waals surface area (Å²) in [5.74, 6) is -0.687. The van der Waals surface area contributed by atoms with Crippen molar-refractivity contribution in [1.29, 1.82) is 0 Å². The first-order valence-electron chi connectivity index (χ1n) is 16.4. The molecular weight excluding hydrogens is 644 g/mol. The summed E-state index contributed by atoms with van der Waals surface area (Å²) in [6, 6.07) is -4.30. The quantitative estimate of drug-likeness (QED) is 0.0953. The Balaban J connectivity index is 1.36. The summed E-state index contributed by atoms with van der Waals surface area (Å²) in [7, 11) is 0. The van der Waals surface area contributed by atoms with Crippen molar-refractivity contribution in [3.05, 3.63) is 0 Å². The third-order valence-corrected chi connectivity index (χ3v) is 10.1. The van der Waals surface area contributed by atoms with Crippen LogP contribution < -0.4 is 34.0 Å². The van der Waals surface area contributed by atoms with Gasteiger partial charge in [-0.05, 0) is 25.7 Å². The van der Waals surface area contributed by atoms with Crippen LogP contribution in [-0.2, 0) is 33.2 Å². The number of carbonyl (C=O) groups excluding carboxylic acids is 1. The first kappa shape index (κ1) is 38.0. The summed E-state index contributed by atoms with van der Waals surface area (Å²) in [5.41, 5.74) is 28.6. The molecule has 1 unspecified atom stereocenters. The fourth-order valence-corrected chi connectivity index (χ4v) is 6.84. The van der Waals surface area contributed by atoms with Gasteiger partial charge in [0.25, 0.3) is 5.91 Å². The van der Waals surface area contributed by atoms with E-state index in [1.165, 1.54) is 0 Å². The second kappa shape index (κ2) is 15.6. The molecule has 3 aliphatic heterocycles. The molecule has 5 rings (SSSR count). The van der Waals surface area contributed by atoms with Crippen molar-refractivity contribution in [3.63, 3.8) is 0 Å². The zero-order chi connectivity index (χ0) is 35.1. The molecule has 48 heavy (non-hydrogen) atoms. The number of hydrogen-bond acceptors (Lipinski definition) is 19. The molecule has 18 atom stereocenters. The van der Waals surface area contributed by atoms with E-state index in [1.807, 2.05) is 0 Å². The topological polar surface area (TPSA) is 356 Å². The summed E-state index contributed by atoms with van der Waals surface area (Å²) in [6.07, 6.45) is -17.0. The highest BCUT2D eigenvalue weighted by atomic mass is 16.8. The van der Waals surface area contributed by atoms with Crippen LogP contribution in [0.5, 0.6) is 0 Å². The number of nitrogens with two attached hydrogens (primary N) is 5. The standard InChI is InChI=1S/C28H52N6O14/c29-6-9-4-12(36)15(32)24(43-9)46-21-10(31)5-11(34-27(41)28(42)2-1-3-28)17(37)23(21)48-26-20(40)22(14(8-35)45-26)47-25-16(33)19(39)18(38)13(7-30)44-25/h9-26,35-40,42H,1-8,29-33H2,(H,34,41)/t9-,10-,11+,12+,13-,14+,15+,16+,17-,18+,19+,20+,21+,22+,23?,24+,25+,26-/m0/s1. The SMILES string of the molecule is NC[C@@H]1C[C@@H](O)[C@@H](N)[C@@H](O[C@H]2C(O[C@@H]3O[C@H](CO)[C@@H](O[C@H]4O[C@@H](CN)[C@@H](O)[C@H](O)[C@H]4N)[C@H]3O)[C@@H](O)[C@H](NC(=O)C3(O)CCC3)C[C@@H]2N)O1. The second-order valence-corrected chi connectivity index (χ2v) is 13.5. The van der Waals surface area contributed by atoms with E-state index in [4.69, 9.17) is 57.1 Å². The van der Waals surface area contributed by atoms with Gasteiger partial charge < -0.3 is 98.2 Å². The molecule has 5 aliphatic rings. The molecule has 0 radical (unpaired) electrons. The molecular formula is C28H52N6O14. The van der Waals surface area contributed by atoms with Crippen molar-refractivity contribution in [2.45, 2.75) is 148 Å². The van der Waals surface area contributed by atoms with Gasteiger partial charge in [0.15, 0.2) is 18.9 Å². The molecule has 0 aromatic carbocycles. The first-order chi connectivity index (χ1) is 22.7. The van der Waals surface area contributed by atoms with Crippen molar-refractivity contribution in [1.82, 2.24) is 5.32 Å². The number of amides is 1. The molecule has 3 saturated heterocycles. The monoisotopic (exact) mass is 696 g/mol. The Bertz CT molecular complexity index is 1080. The van der Waals surface area contributed by atoms with Gasteiger partial charge in [0, 0.05) is 25.6 Å². The van der Waals surface area contributed by atoms with Crippen molar-refractivity contribution in [2.24, 2.45) is 28.7 Å². The molecule has 18 N–H and O–H groups in total. The smallest absolute Gasteiger partial charge is 0.252 e. The van der Waals surface area contributed by atoms with Gasteiger partial charge in [-0.2, -0.15) is 0 Å². The fourth-order valence-electron chi connectivity index (χ4n) is 6.84. The van der Waals surface area contributed by atoms with Crippen LogP contribution in [-0.4, -0.2) is 177 Å². The number of carbonyl (C=O) groups is 1. The molecule has 2 aliphatic carbocycles. The normalized spacial score (nSPS) is 49.3. The minimum Gasteiger partial charge on any atom is -0.394 e. The Labute approximate surface area is 276 Å². The zero-order valence-electron chi connectivity index (χ0n) is 26.4. The van der Waals surface area contributed by atoms with Gasteiger partial charge in [0.05, 0.1) is 36.9 Å². The molecule has 0 bridgehead atoms. The molecule has 1 amide bonds. The first-order valence-corrected chi connectivity index (χ1v) is 16.4. The lowest BCUT2D eigenvalue weighted by Gasteiger charge is -2.47. The van der Waals surface area contributed by atoms with E-state index >= 15 is 0 Å². The lowest BCUT2D eigenvalue weighted by molar-refractivity contribution is -0.295. The average molecular weight is 697 g/mol.